The van der Waals surface area contributed by atoms with Gasteiger partial charge in [-0.3, -0.25) is 0 Å². The number of hydrazine groups is 1. The number of fused-ring (bicyclic) bond motifs is 2. The van der Waals surface area contributed by atoms with Gasteiger partial charge in [0.2, 0.25) is 0 Å². The third kappa shape index (κ3) is 2.92. The van der Waals surface area contributed by atoms with Gasteiger partial charge in [-0.25, -0.2) is 0 Å². The second-order valence-electron chi connectivity index (χ2n) is 6.61. The lowest BCUT2D eigenvalue weighted by Gasteiger charge is -2.16. The van der Waals surface area contributed by atoms with Crippen LogP contribution in [0, 0.1) is 0 Å². The third-order valence-electron chi connectivity index (χ3n) is 5.19. The molecule has 1 atom stereocenters. The normalized spacial score (nSPS) is 23.2. The molecule has 0 aromatic heterocycles. The summed E-state index contributed by atoms with van der Waals surface area (Å²) in [5, 5.41) is 5.65. The highest BCUT2D eigenvalue weighted by Crippen LogP contribution is 2.38. The second kappa shape index (κ2) is 6.65. The highest BCUT2D eigenvalue weighted by Gasteiger charge is 2.23. The quantitative estimate of drug-likeness (QED) is 0.442. The van der Waals surface area contributed by atoms with E-state index in [9.17, 15) is 0 Å². The Bertz CT molecular complexity index is 544. The monoisotopic (exact) mass is 315 g/mol. The number of rotatable bonds is 5. The van der Waals surface area contributed by atoms with Crippen molar-refractivity contribution in [2.45, 2.75) is 57.4 Å². The number of hydrogen-bond acceptors (Lipinski definition) is 4. The molecule has 1 aromatic rings. The van der Waals surface area contributed by atoms with Crippen molar-refractivity contribution >= 4 is 17.6 Å². The Morgan fingerprint density at radius 3 is 2.50 bits per heavy atom. The van der Waals surface area contributed by atoms with E-state index in [0.717, 1.165) is 6.54 Å². The Morgan fingerprint density at radius 1 is 1.05 bits per heavy atom. The molecule has 0 spiro atoms. The molecule has 1 aromatic carbocycles. The van der Waals surface area contributed by atoms with Crippen molar-refractivity contribution in [1.82, 2.24) is 10.1 Å². The Hall–Kier alpha value is -0.970. The molecule has 0 saturated carbocycles. The van der Waals surface area contributed by atoms with Crippen LogP contribution in [-0.2, 0) is 25.7 Å². The van der Waals surface area contributed by atoms with E-state index in [2.05, 4.69) is 33.1 Å². The van der Waals surface area contributed by atoms with Gasteiger partial charge in [-0.1, -0.05) is 12.1 Å². The molecule has 0 bridgehead atoms. The molecule has 3 N–H and O–H groups in total. The van der Waals surface area contributed by atoms with Crippen LogP contribution in [0.5, 0.6) is 0 Å². The maximum Gasteiger partial charge on any atom is 0.0566 e. The lowest BCUT2D eigenvalue weighted by Crippen LogP contribution is -2.18. The van der Waals surface area contributed by atoms with Crippen LogP contribution in [0.25, 0.3) is 0 Å². The maximum absolute atomic E-state index is 3.51. The first-order valence-corrected chi connectivity index (χ1v) is 9.53. The number of anilines is 1. The summed E-state index contributed by atoms with van der Waals surface area (Å²) in [6, 6.07) is 3.05. The van der Waals surface area contributed by atoms with Gasteiger partial charge in [-0.15, -0.1) is 0 Å². The van der Waals surface area contributed by atoms with Crippen LogP contribution < -0.4 is 15.6 Å². The molecule has 3 nitrogen and oxygen atoms in total. The van der Waals surface area contributed by atoms with Gasteiger partial charge in [0.1, 0.15) is 0 Å². The second-order valence-corrected chi connectivity index (χ2v) is 7.32. The first-order valence-electron chi connectivity index (χ1n) is 8.65. The van der Waals surface area contributed by atoms with Crippen LogP contribution >= 0.6 is 11.9 Å². The number of nitrogens with one attached hydrogen (secondary N) is 3. The number of benzene rings is 1. The first-order chi connectivity index (χ1) is 10.9. The van der Waals surface area contributed by atoms with Crippen molar-refractivity contribution < 1.29 is 0 Å². The molecule has 118 valence electrons. The minimum atomic E-state index is 0.569. The number of hydrogen-bond donors (Lipinski definition) is 3. The summed E-state index contributed by atoms with van der Waals surface area (Å²) >= 11 is 1.64. The summed E-state index contributed by atoms with van der Waals surface area (Å²) in [6.07, 6.45) is 12.5. The summed E-state index contributed by atoms with van der Waals surface area (Å²) in [5.74, 6) is 0. The van der Waals surface area contributed by atoms with Crippen LogP contribution in [0.4, 0.5) is 5.69 Å². The van der Waals surface area contributed by atoms with Gasteiger partial charge in [0.05, 0.1) is 5.69 Å². The standard InChI is InChI=1S/C18H25N3S/c1-4-13-12-14-5-2-8-17(14)18(16(13)7-1)20-21-22-11-9-15-6-3-10-19-15/h9,11-12,15,19-21H,1-8,10H2/b11-9+. The summed E-state index contributed by atoms with van der Waals surface area (Å²) in [4.78, 5) is 3.34. The molecule has 1 fully saturated rings. The molecule has 1 saturated heterocycles. The topological polar surface area (TPSA) is 36.1 Å². The van der Waals surface area contributed by atoms with Gasteiger partial charge in [0, 0.05) is 6.04 Å². The summed E-state index contributed by atoms with van der Waals surface area (Å²) in [6.45, 7) is 1.16. The molecule has 3 aliphatic rings. The van der Waals surface area contributed by atoms with Crippen molar-refractivity contribution in [2.24, 2.45) is 0 Å². The van der Waals surface area contributed by atoms with Crippen LogP contribution in [0.3, 0.4) is 0 Å². The minimum Gasteiger partial charge on any atom is -0.311 e. The van der Waals surface area contributed by atoms with E-state index in [4.69, 9.17) is 0 Å². The SMILES string of the molecule is C(=C\C1CCCN1)/SNNc1c2c(cc3c1CCC3)CCC2. The largest absolute Gasteiger partial charge is 0.311 e. The van der Waals surface area contributed by atoms with Gasteiger partial charge < -0.3 is 10.7 Å². The van der Waals surface area contributed by atoms with E-state index in [0.29, 0.717) is 6.04 Å². The lowest BCUT2D eigenvalue weighted by molar-refractivity contribution is 0.728. The number of aryl methyl sites for hydroxylation is 2. The Morgan fingerprint density at radius 2 is 1.82 bits per heavy atom. The fourth-order valence-electron chi connectivity index (χ4n) is 4.09. The molecule has 1 heterocycles. The van der Waals surface area contributed by atoms with E-state index in [-0.39, 0.29) is 0 Å². The Balaban J connectivity index is 1.40. The molecule has 4 heteroatoms. The van der Waals surface area contributed by atoms with Crippen molar-refractivity contribution in [2.75, 3.05) is 12.0 Å². The van der Waals surface area contributed by atoms with Crippen molar-refractivity contribution in [3.05, 3.63) is 39.8 Å². The van der Waals surface area contributed by atoms with Crippen LogP contribution in [0.1, 0.15) is 47.9 Å². The Labute approximate surface area is 137 Å². The zero-order valence-corrected chi connectivity index (χ0v) is 13.9. The summed E-state index contributed by atoms with van der Waals surface area (Å²) < 4.78 is 0. The highest BCUT2D eigenvalue weighted by molar-refractivity contribution is 8.00. The van der Waals surface area contributed by atoms with Gasteiger partial charge in [-0.2, -0.15) is 4.83 Å². The van der Waals surface area contributed by atoms with Gasteiger partial charge in [0.15, 0.2) is 0 Å². The highest BCUT2D eigenvalue weighted by atomic mass is 32.2. The molecule has 0 amide bonds. The third-order valence-corrected chi connectivity index (χ3v) is 5.70. The smallest absolute Gasteiger partial charge is 0.0566 e. The zero-order chi connectivity index (χ0) is 14.8. The van der Waals surface area contributed by atoms with E-state index in [1.165, 1.54) is 57.1 Å². The Kier molecular flexibility index (Phi) is 4.42. The van der Waals surface area contributed by atoms with Gasteiger partial charge in [-0.05, 0) is 97.5 Å². The average molecular weight is 315 g/mol. The van der Waals surface area contributed by atoms with Crippen LogP contribution in [0.15, 0.2) is 17.6 Å². The van der Waals surface area contributed by atoms with Crippen molar-refractivity contribution in [1.29, 1.82) is 0 Å². The van der Waals surface area contributed by atoms with E-state index in [1.807, 2.05) is 0 Å². The minimum absolute atomic E-state index is 0.569. The van der Waals surface area contributed by atoms with Crippen LogP contribution in [0.2, 0.25) is 0 Å². The van der Waals surface area contributed by atoms with Crippen molar-refractivity contribution in [3.63, 3.8) is 0 Å². The molecule has 2 aliphatic carbocycles. The fourth-order valence-corrected chi connectivity index (χ4v) is 4.59. The lowest BCUT2D eigenvalue weighted by atomic mass is 9.99. The predicted octanol–water partition coefficient (Wildman–Crippen LogP) is 3.49. The molecular weight excluding hydrogens is 290 g/mol. The average Bonchev–Trinajstić information content (AvgIpc) is 3.26. The predicted molar refractivity (Wildman–Crippen MR) is 95.0 cm³/mol. The van der Waals surface area contributed by atoms with Crippen LogP contribution in [-0.4, -0.2) is 12.6 Å². The van der Waals surface area contributed by atoms with Gasteiger partial charge in [0.25, 0.3) is 0 Å². The van der Waals surface area contributed by atoms with Crippen molar-refractivity contribution in [3.8, 4) is 0 Å². The molecule has 1 unspecified atom stereocenters. The van der Waals surface area contributed by atoms with E-state index < -0.39 is 0 Å². The summed E-state index contributed by atoms with van der Waals surface area (Å²) in [7, 11) is 0. The summed E-state index contributed by atoms with van der Waals surface area (Å²) in [5.41, 5.74) is 11.2. The van der Waals surface area contributed by atoms with Gasteiger partial charge >= 0.3 is 0 Å². The molecule has 22 heavy (non-hydrogen) atoms. The first kappa shape index (κ1) is 14.6. The van der Waals surface area contributed by atoms with E-state index >= 15 is 0 Å². The molecular formula is C18H25N3S. The molecule has 0 radical (unpaired) electrons. The zero-order valence-electron chi connectivity index (χ0n) is 13.1. The molecule has 1 aliphatic heterocycles. The molecule has 4 rings (SSSR count). The fraction of sp³-hybridized carbons (Fsp3) is 0.556. The van der Waals surface area contributed by atoms with E-state index in [1.54, 1.807) is 34.2 Å². The maximum atomic E-state index is 3.51.